The van der Waals surface area contributed by atoms with Crippen molar-refractivity contribution in [3.63, 3.8) is 0 Å². The Morgan fingerprint density at radius 2 is 2.27 bits per heavy atom. The van der Waals surface area contributed by atoms with Crippen LogP contribution in [0, 0.1) is 0 Å². The number of esters is 1. The number of aromatic hydroxyl groups is 1. The number of methoxy groups -OCH3 is 1. The second-order valence-corrected chi connectivity index (χ2v) is 2.91. The highest BCUT2D eigenvalue weighted by Crippen LogP contribution is 2.25. The summed E-state index contributed by atoms with van der Waals surface area (Å²) in [5.74, 6) is -0.870. The summed E-state index contributed by atoms with van der Waals surface area (Å²) in [5, 5.41) is 10.9. The molecule has 5 nitrogen and oxygen atoms in total. The number of carbonyl (C=O) groups excluding carboxylic acids is 1. The number of pyridine rings is 2. The number of nitrogens with zero attached hydrogens (tertiary/aromatic N) is 2. The third-order valence-electron chi connectivity index (χ3n) is 2.05. The molecule has 0 aliphatic rings. The van der Waals surface area contributed by atoms with Gasteiger partial charge in [-0.05, 0) is 6.07 Å². The van der Waals surface area contributed by atoms with E-state index in [4.69, 9.17) is 0 Å². The van der Waals surface area contributed by atoms with Gasteiger partial charge in [0.1, 0.15) is 0 Å². The molecule has 0 aliphatic heterocycles. The van der Waals surface area contributed by atoms with E-state index >= 15 is 0 Å². The first-order valence-corrected chi connectivity index (χ1v) is 4.24. The van der Waals surface area contributed by atoms with E-state index in [-0.39, 0.29) is 11.4 Å². The first-order valence-electron chi connectivity index (χ1n) is 4.24. The number of ether oxygens (including phenoxy) is 1. The van der Waals surface area contributed by atoms with E-state index in [1.54, 1.807) is 12.3 Å². The first kappa shape index (κ1) is 9.39. The molecule has 2 aromatic rings. The molecule has 0 saturated carbocycles. The summed E-state index contributed by atoms with van der Waals surface area (Å²) in [6.45, 7) is 0. The summed E-state index contributed by atoms with van der Waals surface area (Å²) < 4.78 is 4.48. The Balaban J connectivity index is 2.70. The van der Waals surface area contributed by atoms with Crippen LogP contribution in [0.25, 0.3) is 10.8 Å². The lowest BCUT2D eigenvalue weighted by molar-refractivity contribution is 0.0591. The number of rotatable bonds is 1. The zero-order valence-corrected chi connectivity index (χ0v) is 7.97. The number of hydrogen-bond donors (Lipinski definition) is 1. The molecule has 0 spiro atoms. The summed E-state index contributed by atoms with van der Waals surface area (Å²) >= 11 is 0. The molecule has 76 valence electrons. The summed E-state index contributed by atoms with van der Waals surface area (Å²) in [5.41, 5.74) is -0.0991. The molecule has 0 aromatic carbocycles. The predicted octanol–water partition coefficient (Wildman–Crippen LogP) is 1.12. The van der Waals surface area contributed by atoms with Gasteiger partial charge in [-0.3, -0.25) is 4.98 Å². The van der Waals surface area contributed by atoms with Crippen molar-refractivity contribution in [1.82, 2.24) is 9.97 Å². The molecule has 0 bridgehead atoms. The Morgan fingerprint density at radius 1 is 1.47 bits per heavy atom. The van der Waals surface area contributed by atoms with Gasteiger partial charge >= 0.3 is 5.97 Å². The van der Waals surface area contributed by atoms with Crippen molar-refractivity contribution in [3.05, 3.63) is 30.4 Å². The molecular formula is C10H8N2O3. The van der Waals surface area contributed by atoms with Crippen molar-refractivity contribution in [2.45, 2.75) is 0 Å². The maximum Gasteiger partial charge on any atom is 0.360 e. The Labute approximate surface area is 85.4 Å². The van der Waals surface area contributed by atoms with E-state index in [0.29, 0.717) is 5.39 Å². The molecule has 5 heteroatoms. The van der Waals surface area contributed by atoms with E-state index in [2.05, 4.69) is 14.7 Å². The lowest BCUT2D eigenvalue weighted by Gasteiger charge is -2.04. The molecule has 2 rings (SSSR count). The second-order valence-electron chi connectivity index (χ2n) is 2.91. The van der Waals surface area contributed by atoms with E-state index in [1.165, 1.54) is 19.5 Å². The molecule has 1 N–H and O–H groups in total. The summed E-state index contributed by atoms with van der Waals surface area (Å²) in [7, 11) is 1.23. The predicted molar refractivity (Wildman–Crippen MR) is 52.5 cm³/mol. The van der Waals surface area contributed by atoms with Gasteiger partial charge in [0.05, 0.1) is 7.11 Å². The standard InChI is InChI=1S/C10H8N2O3/c1-15-10(14)8-9(13)7-5-11-3-2-6(7)4-12-8/h2-5,13H,1H3. The van der Waals surface area contributed by atoms with Gasteiger partial charge in [0.2, 0.25) is 0 Å². The zero-order valence-electron chi connectivity index (χ0n) is 7.97. The van der Waals surface area contributed by atoms with Crippen LogP contribution in [0.4, 0.5) is 0 Å². The molecule has 0 atom stereocenters. The molecule has 2 heterocycles. The highest BCUT2D eigenvalue weighted by Gasteiger charge is 2.15. The smallest absolute Gasteiger partial charge is 0.360 e. The maximum absolute atomic E-state index is 11.2. The van der Waals surface area contributed by atoms with Gasteiger partial charge in [0.25, 0.3) is 0 Å². The highest BCUT2D eigenvalue weighted by molar-refractivity contribution is 5.98. The van der Waals surface area contributed by atoms with Crippen molar-refractivity contribution >= 4 is 16.7 Å². The summed E-state index contributed by atoms with van der Waals surface area (Å²) in [4.78, 5) is 18.9. The fourth-order valence-corrected chi connectivity index (χ4v) is 1.28. The SMILES string of the molecule is COC(=O)c1ncc2ccncc2c1O. The molecule has 0 fully saturated rings. The largest absolute Gasteiger partial charge is 0.505 e. The molecular weight excluding hydrogens is 196 g/mol. The van der Waals surface area contributed by atoms with Gasteiger partial charge < -0.3 is 9.84 Å². The number of fused-ring (bicyclic) bond motifs is 1. The summed E-state index contributed by atoms with van der Waals surface area (Å²) in [6, 6.07) is 1.70. The van der Waals surface area contributed by atoms with Crippen molar-refractivity contribution < 1.29 is 14.6 Å². The van der Waals surface area contributed by atoms with Crippen LogP contribution in [0.5, 0.6) is 5.75 Å². The van der Waals surface area contributed by atoms with Crippen LogP contribution in [-0.2, 0) is 4.74 Å². The first-order chi connectivity index (χ1) is 7.24. The van der Waals surface area contributed by atoms with Gasteiger partial charge in [0.15, 0.2) is 11.4 Å². The van der Waals surface area contributed by atoms with Crippen molar-refractivity contribution in [1.29, 1.82) is 0 Å². The minimum Gasteiger partial charge on any atom is -0.505 e. The molecule has 0 aliphatic carbocycles. The van der Waals surface area contributed by atoms with Crippen molar-refractivity contribution in [2.24, 2.45) is 0 Å². The molecule has 0 radical (unpaired) electrons. The fourth-order valence-electron chi connectivity index (χ4n) is 1.28. The van der Waals surface area contributed by atoms with Crippen LogP contribution in [-0.4, -0.2) is 28.2 Å². The van der Waals surface area contributed by atoms with Crippen LogP contribution in [0.3, 0.4) is 0 Å². The molecule has 0 amide bonds. The normalized spacial score (nSPS) is 10.2. The van der Waals surface area contributed by atoms with Crippen molar-refractivity contribution in [2.75, 3.05) is 7.11 Å². The Bertz CT molecular complexity index is 525. The fraction of sp³-hybridized carbons (Fsp3) is 0.100. The Kier molecular flexibility index (Phi) is 2.21. The Hall–Kier alpha value is -2.17. The van der Waals surface area contributed by atoms with Gasteiger partial charge in [-0.1, -0.05) is 0 Å². The van der Waals surface area contributed by atoms with Crippen LogP contribution in [0.15, 0.2) is 24.7 Å². The van der Waals surface area contributed by atoms with E-state index < -0.39 is 5.97 Å². The van der Waals surface area contributed by atoms with Gasteiger partial charge in [-0.2, -0.15) is 0 Å². The maximum atomic E-state index is 11.2. The van der Waals surface area contributed by atoms with Crippen LogP contribution in [0.2, 0.25) is 0 Å². The van der Waals surface area contributed by atoms with Gasteiger partial charge in [-0.15, -0.1) is 0 Å². The lowest BCUT2D eigenvalue weighted by atomic mass is 10.2. The van der Waals surface area contributed by atoms with E-state index in [9.17, 15) is 9.90 Å². The number of hydrogen-bond acceptors (Lipinski definition) is 5. The quantitative estimate of drug-likeness (QED) is 0.705. The van der Waals surface area contributed by atoms with Crippen LogP contribution >= 0.6 is 0 Å². The average molecular weight is 204 g/mol. The zero-order chi connectivity index (χ0) is 10.8. The number of carbonyl (C=O) groups is 1. The topological polar surface area (TPSA) is 72.3 Å². The second kappa shape index (κ2) is 3.53. The molecule has 2 aromatic heterocycles. The number of aromatic nitrogens is 2. The Morgan fingerprint density at radius 3 is 3.00 bits per heavy atom. The van der Waals surface area contributed by atoms with Crippen molar-refractivity contribution in [3.8, 4) is 5.75 Å². The molecule has 0 unspecified atom stereocenters. The third kappa shape index (κ3) is 1.48. The third-order valence-corrected chi connectivity index (χ3v) is 2.05. The minimum absolute atomic E-state index is 0.0991. The van der Waals surface area contributed by atoms with Gasteiger partial charge in [-0.25, -0.2) is 9.78 Å². The minimum atomic E-state index is -0.668. The van der Waals surface area contributed by atoms with E-state index in [0.717, 1.165) is 5.39 Å². The van der Waals surface area contributed by atoms with E-state index in [1.807, 2.05) is 0 Å². The molecule has 15 heavy (non-hydrogen) atoms. The summed E-state index contributed by atoms with van der Waals surface area (Å²) in [6.07, 6.45) is 4.54. The monoisotopic (exact) mass is 204 g/mol. The van der Waals surface area contributed by atoms with Crippen LogP contribution < -0.4 is 0 Å². The van der Waals surface area contributed by atoms with Crippen LogP contribution in [0.1, 0.15) is 10.5 Å². The molecule has 0 saturated heterocycles. The highest BCUT2D eigenvalue weighted by atomic mass is 16.5. The average Bonchev–Trinajstić information content (AvgIpc) is 2.29. The van der Waals surface area contributed by atoms with Gasteiger partial charge in [0, 0.05) is 29.4 Å². The lowest BCUT2D eigenvalue weighted by Crippen LogP contribution is -2.04.